The van der Waals surface area contributed by atoms with Gasteiger partial charge in [-0.15, -0.1) is 11.8 Å². The summed E-state index contributed by atoms with van der Waals surface area (Å²) in [7, 11) is 0. The summed E-state index contributed by atoms with van der Waals surface area (Å²) in [6.45, 7) is 2.09. The Balaban J connectivity index is 1.48. The monoisotopic (exact) mass is 304 g/mol. The predicted molar refractivity (Wildman–Crippen MR) is 89.9 cm³/mol. The zero-order chi connectivity index (χ0) is 14.7. The Morgan fingerprint density at radius 1 is 1.33 bits per heavy atom. The van der Waals surface area contributed by atoms with Crippen molar-refractivity contribution in [3.8, 4) is 0 Å². The van der Waals surface area contributed by atoms with Crippen molar-refractivity contribution in [1.29, 1.82) is 0 Å². The van der Waals surface area contributed by atoms with Crippen LogP contribution < -0.4 is 5.73 Å². The molecule has 1 heterocycles. The molecular weight excluding hydrogens is 278 g/mol. The SMILES string of the molecule is CC=CCCC([NH3+])C1C=CC(SC23C=CC=CC2O3)CC1. The second kappa shape index (κ2) is 6.55. The molecule has 3 heteroatoms. The first kappa shape index (κ1) is 15.1. The van der Waals surface area contributed by atoms with E-state index in [2.05, 4.69) is 61.3 Å². The summed E-state index contributed by atoms with van der Waals surface area (Å²) in [6, 6.07) is 0.545. The van der Waals surface area contributed by atoms with Crippen molar-refractivity contribution in [2.45, 2.75) is 54.9 Å². The Kier molecular flexibility index (Phi) is 4.72. The van der Waals surface area contributed by atoms with Crippen molar-refractivity contribution in [2.75, 3.05) is 0 Å². The van der Waals surface area contributed by atoms with E-state index in [1.807, 2.05) is 11.8 Å². The van der Waals surface area contributed by atoms with Crippen molar-refractivity contribution in [3.05, 3.63) is 48.6 Å². The largest absolute Gasteiger partial charge is 0.355 e. The average Bonchev–Trinajstić information content (AvgIpc) is 3.22. The lowest BCUT2D eigenvalue weighted by Crippen LogP contribution is -2.64. The molecule has 1 saturated heterocycles. The molecule has 21 heavy (non-hydrogen) atoms. The highest BCUT2D eigenvalue weighted by atomic mass is 32.2. The summed E-state index contributed by atoms with van der Waals surface area (Å²) in [5.74, 6) is 0.655. The number of ether oxygens (including phenoxy) is 1. The van der Waals surface area contributed by atoms with Crippen LogP contribution in [0.4, 0.5) is 0 Å². The van der Waals surface area contributed by atoms with Crippen molar-refractivity contribution in [3.63, 3.8) is 0 Å². The van der Waals surface area contributed by atoms with Crippen LogP contribution in [0.15, 0.2) is 48.6 Å². The molecule has 2 aliphatic carbocycles. The van der Waals surface area contributed by atoms with Crippen molar-refractivity contribution in [2.24, 2.45) is 5.92 Å². The first-order valence-electron chi connectivity index (χ1n) is 8.08. The third-order valence-electron chi connectivity index (χ3n) is 4.61. The van der Waals surface area contributed by atoms with Gasteiger partial charge in [-0.25, -0.2) is 0 Å². The van der Waals surface area contributed by atoms with Gasteiger partial charge in [-0.2, -0.15) is 0 Å². The van der Waals surface area contributed by atoms with Gasteiger partial charge in [0.15, 0.2) is 4.93 Å². The van der Waals surface area contributed by atoms with E-state index in [-0.39, 0.29) is 4.93 Å². The molecule has 0 bridgehead atoms. The summed E-state index contributed by atoms with van der Waals surface area (Å²) < 4.78 is 5.84. The molecule has 0 amide bonds. The molecule has 1 fully saturated rings. The molecule has 5 unspecified atom stereocenters. The standard InChI is InChI=1S/C18H25NOS/c1-2-3-4-7-16(19)14-9-11-15(12-10-14)21-18-13-6-5-8-17(18)20-18/h2-3,5-6,8-9,11,13-17H,4,7,10,12,19H2,1H3/p+1. The molecular formula is C18H26NOS+. The number of hydrogen-bond donors (Lipinski definition) is 1. The number of allylic oxidation sites excluding steroid dienone is 4. The van der Waals surface area contributed by atoms with Crippen LogP contribution in [-0.2, 0) is 4.74 Å². The lowest BCUT2D eigenvalue weighted by Gasteiger charge is -2.26. The topological polar surface area (TPSA) is 40.2 Å². The molecule has 0 saturated carbocycles. The zero-order valence-electron chi connectivity index (χ0n) is 12.8. The van der Waals surface area contributed by atoms with E-state index in [1.165, 1.54) is 19.3 Å². The maximum atomic E-state index is 5.84. The predicted octanol–water partition coefficient (Wildman–Crippen LogP) is 3.24. The van der Waals surface area contributed by atoms with E-state index < -0.39 is 0 Å². The smallest absolute Gasteiger partial charge is 0.164 e. The number of epoxide rings is 1. The Morgan fingerprint density at radius 2 is 2.24 bits per heavy atom. The van der Waals surface area contributed by atoms with Gasteiger partial charge in [-0.1, -0.05) is 42.5 Å². The van der Waals surface area contributed by atoms with Gasteiger partial charge in [0.2, 0.25) is 0 Å². The fourth-order valence-electron chi connectivity index (χ4n) is 3.20. The highest BCUT2D eigenvalue weighted by molar-refractivity contribution is 8.01. The van der Waals surface area contributed by atoms with E-state index in [9.17, 15) is 0 Å². The first-order valence-corrected chi connectivity index (χ1v) is 8.96. The minimum atomic E-state index is -0.0492. The zero-order valence-corrected chi connectivity index (χ0v) is 13.6. The van der Waals surface area contributed by atoms with Gasteiger partial charge in [0.1, 0.15) is 6.10 Å². The molecule has 0 aromatic carbocycles. The van der Waals surface area contributed by atoms with Crippen LogP contribution in [0.2, 0.25) is 0 Å². The molecule has 3 aliphatic rings. The molecule has 114 valence electrons. The second-order valence-electron chi connectivity index (χ2n) is 6.19. The van der Waals surface area contributed by atoms with E-state index >= 15 is 0 Å². The highest BCUT2D eigenvalue weighted by Crippen LogP contribution is 2.53. The molecule has 1 aliphatic heterocycles. The van der Waals surface area contributed by atoms with Crippen LogP contribution in [0.1, 0.15) is 32.6 Å². The van der Waals surface area contributed by atoms with Gasteiger partial charge in [0.25, 0.3) is 0 Å². The fourth-order valence-corrected chi connectivity index (χ4v) is 4.62. The summed E-state index contributed by atoms with van der Waals surface area (Å²) in [5.41, 5.74) is 4.36. The second-order valence-corrected chi connectivity index (χ2v) is 7.67. The Labute approximate surface area is 132 Å². The normalized spacial score (nSPS) is 38.7. The van der Waals surface area contributed by atoms with Gasteiger partial charge >= 0.3 is 0 Å². The number of rotatable bonds is 6. The molecule has 5 atom stereocenters. The summed E-state index contributed by atoms with van der Waals surface area (Å²) in [4.78, 5) is -0.0492. The van der Waals surface area contributed by atoms with Crippen LogP contribution in [0, 0.1) is 5.92 Å². The van der Waals surface area contributed by atoms with E-state index in [4.69, 9.17) is 4.74 Å². The van der Waals surface area contributed by atoms with Crippen LogP contribution in [0.25, 0.3) is 0 Å². The molecule has 3 N–H and O–H groups in total. The highest BCUT2D eigenvalue weighted by Gasteiger charge is 2.55. The van der Waals surface area contributed by atoms with E-state index in [0.29, 0.717) is 23.3 Å². The van der Waals surface area contributed by atoms with Crippen LogP contribution in [0.3, 0.4) is 0 Å². The molecule has 0 spiro atoms. The molecule has 0 aromatic rings. The average molecular weight is 304 g/mol. The number of thioether (sulfide) groups is 1. The van der Waals surface area contributed by atoms with E-state index in [0.717, 1.165) is 6.42 Å². The van der Waals surface area contributed by atoms with Gasteiger partial charge in [0.05, 0.1) is 6.04 Å². The minimum Gasteiger partial charge on any atom is -0.355 e. The van der Waals surface area contributed by atoms with Crippen molar-refractivity contribution >= 4 is 11.8 Å². The van der Waals surface area contributed by atoms with Crippen LogP contribution in [-0.4, -0.2) is 22.3 Å². The summed E-state index contributed by atoms with van der Waals surface area (Å²) in [5, 5.41) is 0.588. The molecule has 0 aromatic heterocycles. The van der Waals surface area contributed by atoms with Crippen LogP contribution in [0.5, 0.6) is 0 Å². The third-order valence-corrected chi connectivity index (χ3v) is 6.14. The third kappa shape index (κ3) is 3.53. The van der Waals surface area contributed by atoms with E-state index in [1.54, 1.807) is 0 Å². The molecule has 0 radical (unpaired) electrons. The number of quaternary nitrogens is 1. The van der Waals surface area contributed by atoms with Gasteiger partial charge in [-0.3, -0.25) is 0 Å². The summed E-state index contributed by atoms with van der Waals surface area (Å²) in [6.07, 6.45) is 22.9. The molecule has 3 rings (SSSR count). The van der Waals surface area contributed by atoms with Crippen molar-refractivity contribution < 1.29 is 10.5 Å². The van der Waals surface area contributed by atoms with Crippen molar-refractivity contribution in [1.82, 2.24) is 0 Å². The maximum Gasteiger partial charge on any atom is 0.164 e. The Hall–Kier alpha value is -0.770. The Morgan fingerprint density at radius 3 is 2.95 bits per heavy atom. The fraction of sp³-hybridized carbons (Fsp3) is 0.556. The van der Waals surface area contributed by atoms with Crippen LogP contribution >= 0.6 is 11.8 Å². The minimum absolute atomic E-state index is 0.0492. The lowest BCUT2D eigenvalue weighted by molar-refractivity contribution is -0.431. The van der Waals surface area contributed by atoms with Gasteiger partial charge < -0.3 is 10.5 Å². The Bertz CT molecular complexity index is 482. The molecule has 2 nitrogen and oxygen atoms in total. The van der Waals surface area contributed by atoms with Gasteiger partial charge in [0, 0.05) is 17.6 Å². The number of fused-ring (bicyclic) bond motifs is 1. The van der Waals surface area contributed by atoms with Gasteiger partial charge in [-0.05, 0) is 32.3 Å². The quantitative estimate of drug-likeness (QED) is 0.604. The number of hydrogen-bond acceptors (Lipinski definition) is 2. The summed E-state index contributed by atoms with van der Waals surface area (Å²) >= 11 is 1.97. The maximum absolute atomic E-state index is 5.84. The lowest BCUT2D eigenvalue weighted by atomic mass is 9.87. The first-order chi connectivity index (χ1) is 10.2.